The van der Waals surface area contributed by atoms with Crippen LogP contribution >= 0.6 is 0 Å². The molecule has 0 aromatic heterocycles. The summed E-state index contributed by atoms with van der Waals surface area (Å²) in [4.78, 5) is 0.142. The molecule has 0 aliphatic rings. The lowest BCUT2D eigenvalue weighted by Crippen LogP contribution is -2.31. The first kappa shape index (κ1) is 14.4. The van der Waals surface area contributed by atoms with E-state index in [1.807, 2.05) is 25.1 Å². The summed E-state index contributed by atoms with van der Waals surface area (Å²) in [5.74, 6) is 0. The molecule has 0 fully saturated rings. The topological polar surface area (TPSA) is 63.4 Å². The second-order valence-electron chi connectivity index (χ2n) is 4.55. The molecule has 4 nitrogen and oxygen atoms in total. The van der Waals surface area contributed by atoms with Crippen LogP contribution in [0.1, 0.15) is 12.5 Å². The standard InChI is InChI=1S/C15H18N2O2S/c1-3-17(13-8-6-7-12(2)11-13)20(18,19)15-10-5-4-9-14(15)16/h4-11H,3,16H2,1-2H3. The number of nitrogens with two attached hydrogens (primary N) is 1. The van der Waals surface area contributed by atoms with Gasteiger partial charge < -0.3 is 5.73 Å². The Morgan fingerprint density at radius 1 is 1.10 bits per heavy atom. The highest BCUT2D eigenvalue weighted by Crippen LogP contribution is 2.27. The van der Waals surface area contributed by atoms with Gasteiger partial charge in [-0.1, -0.05) is 24.3 Å². The lowest BCUT2D eigenvalue weighted by molar-refractivity contribution is 0.592. The molecule has 5 heteroatoms. The fraction of sp³-hybridized carbons (Fsp3) is 0.200. The van der Waals surface area contributed by atoms with Crippen LogP contribution in [-0.4, -0.2) is 15.0 Å². The Morgan fingerprint density at radius 3 is 2.40 bits per heavy atom. The summed E-state index contributed by atoms with van der Waals surface area (Å²) in [6.45, 7) is 4.08. The average molecular weight is 290 g/mol. The van der Waals surface area contributed by atoms with E-state index in [0.717, 1.165) is 5.56 Å². The molecule has 0 aliphatic heterocycles. The van der Waals surface area contributed by atoms with Gasteiger partial charge in [-0.2, -0.15) is 0 Å². The Labute approximate surface area is 119 Å². The number of aryl methyl sites for hydroxylation is 1. The van der Waals surface area contributed by atoms with E-state index < -0.39 is 10.0 Å². The quantitative estimate of drug-likeness (QED) is 0.881. The van der Waals surface area contributed by atoms with Gasteiger partial charge in [0, 0.05) is 6.54 Å². The molecule has 0 saturated carbocycles. The molecule has 0 atom stereocenters. The SMILES string of the molecule is CCN(c1cccc(C)c1)S(=O)(=O)c1ccccc1N. The van der Waals surface area contributed by atoms with Crippen molar-refractivity contribution in [3.8, 4) is 0 Å². The zero-order valence-corrected chi connectivity index (χ0v) is 12.4. The Morgan fingerprint density at radius 2 is 1.80 bits per heavy atom. The van der Waals surface area contributed by atoms with Crippen LogP contribution in [-0.2, 0) is 10.0 Å². The van der Waals surface area contributed by atoms with E-state index in [1.165, 1.54) is 10.4 Å². The fourth-order valence-corrected chi connectivity index (χ4v) is 3.69. The number of anilines is 2. The van der Waals surface area contributed by atoms with Crippen LogP contribution in [0.2, 0.25) is 0 Å². The van der Waals surface area contributed by atoms with Crippen molar-refractivity contribution in [2.75, 3.05) is 16.6 Å². The normalized spacial score (nSPS) is 11.3. The second-order valence-corrected chi connectivity index (χ2v) is 6.38. The number of rotatable bonds is 4. The Kier molecular flexibility index (Phi) is 3.99. The molecule has 2 aromatic carbocycles. The summed E-state index contributed by atoms with van der Waals surface area (Å²) in [7, 11) is -3.64. The summed E-state index contributed by atoms with van der Waals surface area (Å²) in [5.41, 5.74) is 7.72. The van der Waals surface area contributed by atoms with Crippen molar-refractivity contribution >= 4 is 21.4 Å². The third kappa shape index (κ3) is 2.63. The van der Waals surface area contributed by atoms with Crippen LogP contribution in [0.3, 0.4) is 0 Å². The summed E-state index contributed by atoms with van der Waals surface area (Å²) in [6, 6.07) is 13.9. The van der Waals surface area contributed by atoms with Crippen LogP contribution in [0.4, 0.5) is 11.4 Å². The average Bonchev–Trinajstić information content (AvgIpc) is 2.39. The van der Waals surface area contributed by atoms with Crippen LogP contribution in [0.25, 0.3) is 0 Å². The van der Waals surface area contributed by atoms with Crippen LogP contribution in [0.5, 0.6) is 0 Å². The lowest BCUT2D eigenvalue weighted by atomic mass is 10.2. The minimum Gasteiger partial charge on any atom is -0.398 e. The third-order valence-electron chi connectivity index (χ3n) is 3.06. The van der Waals surface area contributed by atoms with Crippen molar-refractivity contribution in [3.05, 3.63) is 54.1 Å². The highest BCUT2D eigenvalue weighted by molar-refractivity contribution is 7.93. The molecule has 106 valence electrons. The van der Waals surface area contributed by atoms with Gasteiger partial charge >= 0.3 is 0 Å². The molecule has 0 saturated heterocycles. The van der Waals surface area contributed by atoms with E-state index in [-0.39, 0.29) is 10.6 Å². The van der Waals surface area contributed by atoms with Gasteiger partial charge in [0.2, 0.25) is 0 Å². The predicted molar refractivity (Wildman–Crippen MR) is 82.2 cm³/mol. The zero-order chi connectivity index (χ0) is 14.8. The maximum atomic E-state index is 12.7. The van der Waals surface area contributed by atoms with Gasteiger partial charge in [-0.05, 0) is 43.7 Å². The molecule has 0 aliphatic carbocycles. The molecule has 0 bridgehead atoms. The van der Waals surface area contributed by atoms with Crippen LogP contribution in [0, 0.1) is 6.92 Å². The van der Waals surface area contributed by atoms with Gasteiger partial charge in [-0.3, -0.25) is 4.31 Å². The Bertz CT molecular complexity index is 711. The van der Waals surface area contributed by atoms with E-state index in [1.54, 1.807) is 31.2 Å². The summed E-state index contributed by atoms with van der Waals surface area (Å²) in [5, 5.41) is 0. The maximum absolute atomic E-state index is 12.7. The molecule has 0 heterocycles. The van der Waals surface area contributed by atoms with Gasteiger partial charge in [-0.25, -0.2) is 8.42 Å². The first-order chi connectivity index (χ1) is 9.46. The lowest BCUT2D eigenvalue weighted by Gasteiger charge is -2.24. The van der Waals surface area contributed by atoms with Crippen molar-refractivity contribution in [1.29, 1.82) is 0 Å². The number of benzene rings is 2. The monoisotopic (exact) mass is 290 g/mol. The van der Waals surface area contributed by atoms with Gasteiger partial charge in [0.1, 0.15) is 4.90 Å². The third-order valence-corrected chi connectivity index (χ3v) is 5.04. The molecule has 2 N–H and O–H groups in total. The first-order valence-corrected chi connectivity index (χ1v) is 7.84. The molecule has 2 rings (SSSR count). The minimum atomic E-state index is -3.64. The second kappa shape index (κ2) is 5.54. The van der Waals surface area contributed by atoms with E-state index >= 15 is 0 Å². The van der Waals surface area contributed by atoms with Crippen molar-refractivity contribution < 1.29 is 8.42 Å². The summed E-state index contributed by atoms with van der Waals surface area (Å²) < 4.78 is 26.9. The highest BCUT2D eigenvalue weighted by atomic mass is 32.2. The summed E-state index contributed by atoms with van der Waals surface area (Å²) >= 11 is 0. The summed E-state index contributed by atoms with van der Waals surface area (Å²) in [6.07, 6.45) is 0. The fourth-order valence-electron chi connectivity index (χ4n) is 2.11. The van der Waals surface area contributed by atoms with Gasteiger partial charge in [-0.15, -0.1) is 0 Å². The molecule has 2 aromatic rings. The minimum absolute atomic E-state index is 0.142. The zero-order valence-electron chi connectivity index (χ0n) is 11.6. The van der Waals surface area contributed by atoms with Crippen LogP contribution < -0.4 is 10.0 Å². The number of para-hydroxylation sites is 1. The van der Waals surface area contributed by atoms with Crippen LogP contribution in [0.15, 0.2) is 53.4 Å². The van der Waals surface area contributed by atoms with E-state index in [0.29, 0.717) is 12.2 Å². The number of nitrogen functional groups attached to an aromatic ring is 1. The Balaban J connectivity index is 2.54. The number of sulfonamides is 1. The van der Waals surface area contributed by atoms with Crippen molar-refractivity contribution in [1.82, 2.24) is 0 Å². The van der Waals surface area contributed by atoms with Gasteiger partial charge in [0.25, 0.3) is 10.0 Å². The van der Waals surface area contributed by atoms with Gasteiger partial charge in [0.15, 0.2) is 0 Å². The molecule has 0 amide bonds. The van der Waals surface area contributed by atoms with E-state index in [2.05, 4.69) is 0 Å². The van der Waals surface area contributed by atoms with E-state index in [9.17, 15) is 8.42 Å². The molecule has 0 unspecified atom stereocenters. The molecule has 0 radical (unpaired) electrons. The smallest absolute Gasteiger partial charge is 0.266 e. The van der Waals surface area contributed by atoms with E-state index in [4.69, 9.17) is 5.73 Å². The molecule has 0 spiro atoms. The molecule has 20 heavy (non-hydrogen) atoms. The number of nitrogens with zero attached hydrogens (tertiary/aromatic N) is 1. The van der Waals surface area contributed by atoms with Gasteiger partial charge in [0.05, 0.1) is 11.4 Å². The van der Waals surface area contributed by atoms with Crippen molar-refractivity contribution in [2.24, 2.45) is 0 Å². The van der Waals surface area contributed by atoms with Crippen molar-refractivity contribution in [3.63, 3.8) is 0 Å². The largest absolute Gasteiger partial charge is 0.398 e. The maximum Gasteiger partial charge on any atom is 0.266 e. The molecular formula is C15H18N2O2S. The highest BCUT2D eigenvalue weighted by Gasteiger charge is 2.25. The number of hydrogen-bond donors (Lipinski definition) is 1. The predicted octanol–water partition coefficient (Wildman–Crippen LogP) is 2.79. The first-order valence-electron chi connectivity index (χ1n) is 6.40. The van der Waals surface area contributed by atoms with Crippen molar-refractivity contribution in [2.45, 2.75) is 18.7 Å². The Hall–Kier alpha value is -2.01. The number of hydrogen-bond acceptors (Lipinski definition) is 3. The molecular weight excluding hydrogens is 272 g/mol.